The summed E-state index contributed by atoms with van der Waals surface area (Å²) in [4.78, 5) is 16.2. The van der Waals surface area contributed by atoms with Crippen LogP contribution in [-0.2, 0) is 16.0 Å². The molecule has 1 aromatic rings. The van der Waals surface area contributed by atoms with Gasteiger partial charge < -0.3 is 9.64 Å². The van der Waals surface area contributed by atoms with Gasteiger partial charge in [0.2, 0.25) is 5.91 Å². The van der Waals surface area contributed by atoms with Gasteiger partial charge in [-0.3, -0.25) is 4.79 Å². The Kier molecular flexibility index (Phi) is 4.68. The molecular formula is C15H21NO2S2. The van der Waals surface area contributed by atoms with E-state index in [1.165, 1.54) is 10.4 Å². The standard InChI is InChI=1S/C15H21NO2S2/c1-2-18-10-11-3-6-16(9-11)15(17)14-12-4-7-19-13(12)5-8-20-14/h4,7,11,14H,2-3,5-6,8-10H2,1H3/t11-,14+/m0/s1. The number of nitrogens with zero attached hydrogens (tertiary/aromatic N) is 1. The van der Waals surface area contributed by atoms with E-state index in [1.54, 1.807) is 11.3 Å². The van der Waals surface area contributed by atoms with Crippen LogP contribution < -0.4 is 0 Å². The Labute approximate surface area is 128 Å². The van der Waals surface area contributed by atoms with Gasteiger partial charge in [-0.15, -0.1) is 23.1 Å². The zero-order chi connectivity index (χ0) is 13.9. The average Bonchev–Trinajstić information content (AvgIpc) is 3.12. The summed E-state index contributed by atoms with van der Waals surface area (Å²) >= 11 is 3.61. The van der Waals surface area contributed by atoms with Gasteiger partial charge in [-0.1, -0.05) is 0 Å². The summed E-state index contributed by atoms with van der Waals surface area (Å²) < 4.78 is 5.49. The van der Waals surface area contributed by atoms with Gasteiger partial charge in [0.1, 0.15) is 5.25 Å². The Morgan fingerprint density at radius 1 is 1.55 bits per heavy atom. The summed E-state index contributed by atoms with van der Waals surface area (Å²) in [6, 6.07) is 2.14. The Morgan fingerprint density at radius 3 is 3.30 bits per heavy atom. The quantitative estimate of drug-likeness (QED) is 0.856. The molecule has 2 aliphatic heterocycles. The van der Waals surface area contributed by atoms with Crippen molar-refractivity contribution in [3.8, 4) is 0 Å². The molecule has 1 saturated heterocycles. The predicted molar refractivity (Wildman–Crippen MR) is 84.4 cm³/mol. The monoisotopic (exact) mass is 311 g/mol. The molecule has 0 aliphatic carbocycles. The lowest BCUT2D eigenvalue weighted by molar-refractivity contribution is -0.129. The van der Waals surface area contributed by atoms with Gasteiger partial charge in [0, 0.05) is 30.5 Å². The van der Waals surface area contributed by atoms with Crippen LogP contribution in [0.1, 0.15) is 29.0 Å². The number of hydrogen-bond acceptors (Lipinski definition) is 4. The first-order valence-corrected chi connectivity index (χ1v) is 9.26. The maximum atomic E-state index is 12.7. The van der Waals surface area contributed by atoms with Crippen molar-refractivity contribution >= 4 is 29.0 Å². The molecule has 1 fully saturated rings. The van der Waals surface area contributed by atoms with Crippen LogP contribution in [0.3, 0.4) is 0 Å². The van der Waals surface area contributed by atoms with E-state index in [0.29, 0.717) is 11.8 Å². The molecule has 3 rings (SSSR count). The number of aryl methyl sites for hydroxylation is 1. The smallest absolute Gasteiger partial charge is 0.240 e. The first-order valence-electron chi connectivity index (χ1n) is 7.34. The first kappa shape index (κ1) is 14.4. The molecule has 1 aromatic heterocycles. The minimum absolute atomic E-state index is 0.0378. The molecule has 5 heteroatoms. The largest absolute Gasteiger partial charge is 0.381 e. The lowest BCUT2D eigenvalue weighted by Gasteiger charge is -2.26. The number of likely N-dealkylation sites (tertiary alicyclic amines) is 1. The predicted octanol–water partition coefficient (Wildman–Crippen LogP) is 2.96. The van der Waals surface area contributed by atoms with Crippen LogP contribution in [0.25, 0.3) is 0 Å². The molecule has 2 aliphatic rings. The van der Waals surface area contributed by atoms with Crippen molar-refractivity contribution in [2.75, 3.05) is 32.1 Å². The van der Waals surface area contributed by atoms with Crippen LogP contribution in [0.5, 0.6) is 0 Å². The summed E-state index contributed by atoms with van der Waals surface area (Å²) in [5.41, 5.74) is 1.27. The minimum atomic E-state index is 0.0378. The molecule has 20 heavy (non-hydrogen) atoms. The van der Waals surface area contributed by atoms with Crippen molar-refractivity contribution in [1.82, 2.24) is 4.90 Å². The van der Waals surface area contributed by atoms with Crippen molar-refractivity contribution in [2.24, 2.45) is 5.92 Å². The highest BCUT2D eigenvalue weighted by atomic mass is 32.2. The fraction of sp³-hybridized carbons (Fsp3) is 0.667. The van der Waals surface area contributed by atoms with Gasteiger partial charge in [0.15, 0.2) is 0 Å². The van der Waals surface area contributed by atoms with Gasteiger partial charge in [0.25, 0.3) is 0 Å². The maximum absolute atomic E-state index is 12.7. The highest BCUT2D eigenvalue weighted by Crippen LogP contribution is 2.41. The summed E-state index contributed by atoms with van der Waals surface area (Å²) in [5.74, 6) is 1.91. The van der Waals surface area contributed by atoms with E-state index >= 15 is 0 Å². The fourth-order valence-electron chi connectivity index (χ4n) is 2.97. The normalized spacial score (nSPS) is 25.8. The highest BCUT2D eigenvalue weighted by molar-refractivity contribution is 8.00. The molecule has 0 unspecified atom stereocenters. The molecule has 110 valence electrons. The van der Waals surface area contributed by atoms with Crippen LogP contribution >= 0.6 is 23.1 Å². The van der Waals surface area contributed by atoms with E-state index in [0.717, 1.165) is 44.9 Å². The maximum Gasteiger partial charge on any atom is 0.240 e. The lowest BCUT2D eigenvalue weighted by atomic mass is 10.1. The van der Waals surface area contributed by atoms with Crippen LogP contribution in [0.4, 0.5) is 0 Å². The molecule has 1 amide bonds. The zero-order valence-electron chi connectivity index (χ0n) is 11.8. The number of hydrogen-bond donors (Lipinski definition) is 0. The second-order valence-electron chi connectivity index (χ2n) is 5.40. The van der Waals surface area contributed by atoms with Crippen molar-refractivity contribution in [2.45, 2.75) is 25.0 Å². The third-order valence-corrected chi connectivity index (χ3v) is 6.28. The Balaban J connectivity index is 1.63. The molecular weight excluding hydrogens is 290 g/mol. The molecule has 0 saturated carbocycles. The molecule has 0 spiro atoms. The van der Waals surface area contributed by atoms with Gasteiger partial charge in [0.05, 0.1) is 6.61 Å². The van der Waals surface area contributed by atoms with E-state index < -0.39 is 0 Å². The third kappa shape index (κ3) is 2.90. The van der Waals surface area contributed by atoms with E-state index in [9.17, 15) is 4.79 Å². The number of thioether (sulfide) groups is 1. The third-order valence-electron chi connectivity index (χ3n) is 4.06. The van der Waals surface area contributed by atoms with Crippen LogP contribution in [0.2, 0.25) is 0 Å². The van der Waals surface area contributed by atoms with Crippen LogP contribution in [-0.4, -0.2) is 42.9 Å². The Morgan fingerprint density at radius 2 is 2.45 bits per heavy atom. The SMILES string of the molecule is CCOC[C@H]1CCN(C(=O)[C@@H]2SCCc3sccc32)C1. The van der Waals surface area contributed by atoms with Gasteiger partial charge in [-0.25, -0.2) is 0 Å². The van der Waals surface area contributed by atoms with Crippen LogP contribution in [0, 0.1) is 5.92 Å². The number of ether oxygens (including phenoxy) is 1. The minimum Gasteiger partial charge on any atom is -0.381 e. The fourth-order valence-corrected chi connectivity index (χ4v) is 5.34. The van der Waals surface area contributed by atoms with Gasteiger partial charge >= 0.3 is 0 Å². The van der Waals surface area contributed by atoms with Crippen molar-refractivity contribution in [1.29, 1.82) is 0 Å². The molecule has 0 N–H and O–H groups in total. The number of carbonyl (C=O) groups is 1. The van der Waals surface area contributed by atoms with E-state index in [2.05, 4.69) is 11.4 Å². The van der Waals surface area contributed by atoms with E-state index in [4.69, 9.17) is 4.74 Å². The number of amides is 1. The second-order valence-corrected chi connectivity index (χ2v) is 7.61. The summed E-state index contributed by atoms with van der Waals surface area (Å²) in [6.45, 7) is 5.35. The van der Waals surface area contributed by atoms with Gasteiger partial charge in [-0.05, 0) is 42.5 Å². The first-order chi connectivity index (χ1) is 9.79. The van der Waals surface area contributed by atoms with Crippen molar-refractivity contribution in [3.63, 3.8) is 0 Å². The zero-order valence-corrected chi connectivity index (χ0v) is 13.5. The molecule has 0 aromatic carbocycles. The number of rotatable bonds is 4. The van der Waals surface area contributed by atoms with Crippen molar-refractivity contribution < 1.29 is 9.53 Å². The number of fused-ring (bicyclic) bond motifs is 1. The molecule has 0 radical (unpaired) electrons. The Bertz CT molecular complexity index is 474. The topological polar surface area (TPSA) is 29.5 Å². The van der Waals surface area contributed by atoms with E-state index in [1.807, 2.05) is 23.6 Å². The molecule has 3 heterocycles. The molecule has 0 bridgehead atoms. The molecule has 3 nitrogen and oxygen atoms in total. The van der Waals surface area contributed by atoms with Crippen molar-refractivity contribution in [3.05, 3.63) is 21.9 Å². The second kappa shape index (κ2) is 6.50. The highest BCUT2D eigenvalue weighted by Gasteiger charge is 2.34. The summed E-state index contributed by atoms with van der Waals surface area (Å²) in [6.07, 6.45) is 2.20. The lowest BCUT2D eigenvalue weighted by Crippen LogP contribution is -2.33. The van der Waals surface area contributed by atoms with Gasteiger partial charge in [-0.2, -0.15) is 0 Å². The Hall–Kier alpha value is -0.520. The summed E-state index contributed by atoms with van der Waals surface area (Å²) in [5, 5.41) is 2.16. The molecule has 2 atom stereocenters. The summed E-state index contributed by atoms with van der Waals surface area (Å²) in [7, 11) is 0. The number of carbonyl (C=O) groups excluding carboxylic acids is 1. The average molecular weight is 311 g/mol. The van der Waals surface area contributed by atoms with E-state index in [-0.39, 0.29) is 5.25 Å². The number of thiophene rings is 1. The van der Waals surface area contributed by atoms with Crippen LogP contribution in [0.15, 0.2) is 11.4 Å².